The van der Waals surface area contributed by atoms with Crippen molar-refractivity contribution in [2.45, 2.75) is 55.5 Å². The fourth-order valence-electron chi connectivity index (χ4n) is 5.50. The predicted octanol–water partition coefficient (Wildman–Crippen LogP) is -0.349. The van der Waals surface area contributed by atoms with Crippen LogP contribution in [-0.4, -0.2) is 99.9 Å². The monoisotopic (exact) mass is 552 g/mol. The van der Waals surface area contributed by atoms with Crippen LogP contribution >= 0.6 is 0 Å². The molecule has 214 valence electrons. The largest absolute Gasteiger partial charge is 0.504 e. The maximum atomic E-state index is 11.1. The molecule has 3 aliphatic rings. The number of benzene rings is 2. The maximum absolute atomic E-state index is 11.1. The van der Waals surface area contributed by atoms with E-state index in [1.54, 1.807) is 24.3 Å². The number of fused-ring (bicyclic) bond motifs is 1. The molecule has 0 spiro atoms. The van der Waals surface area contributed by atoms with Crippen molar-refractivity contribution in [3.63, 3.8) is 0 Å². The molecule has 0 saturated carbocycles. The number of hydrogen-bond acceptors (Lipinski definition) is 13. The molecule has 3 saturated heterocycles. The zero-order valence-corrected chi connectivity index (χ0v) is 21.1. The number of rotatable bonds is 7. The molecule has 13 nitrogen and oxygen atoms in total. The number of ether oxygens (including phenoxy) is 6. The second-order valence-corrected chi connectivity index (χ2v) is 9.72. The molecule has 2 aromatic carbocycles. The number of phenolic OH excluding ortho intramolecular Hbond substituents is 2. The Labute approximate surface area is 223 Å². The van der Waals surface area contributed by atoms with Crippen molar-refractivity contribution < 1.29 is 64.2 Å². The summed E-state index contributed by atoms with van der Waals surface area (Å²) in [5.41, 5.74) is 1.07. The van der Waals surface area contributed by atoms with E-state index in [1.807, 2.05) is 0 Å². The molecular weight excluding hydrogens is 520 g/mol. The highest BCUT2D eigenvalue weighted by Crippen LogP contribution is 2.57. The van der Waals surface area contributed by atoms with Gasteiger partial charge in [-0.1, -0.05) is 12.1 Å². The number of methoxy groups -OCH3 is 2. The predicted molar refractivity (Wildman–Crippen MR) is 129 cm³/mol. The van der Waals surface area contributed by atoms with E-state index >= 15 is 0 Å². The molecule has 39 heavy (non-hydrogen) atoms. The molecule has 0 aliphatic carbocycles. The third-order valence-corrected chi connectivity index (χ3v) is 7.54. The van der Waals surface area contributed by atoms with E-state index in [0.29, 0.717) is 11.1 Å². The van der Waals surface area contributed by atoms with Crippen molar-refractivity contribution in [2.24, 2.45) is 11.8 Å². The van der Waals surface area contributed by atoms with Gasteiger partial charge >= 0.3 is 0 Å². The van der Waals surface area contributed by atoms with Gasteiger partial charge in [0.1, 0.15) is 24.4 Å². The molecule has 5 rings (SSSR count). The van der Waals surface area contributed by atoms with Crippen LogP contribution in [0.25, 0.3) is 0 Å². The van der Waals surface area contributed by atoms with E-state index in [9.17, 15) is 35.7 Å². The van der Waals surface area contributed by atoms with Gasteiger partial charge < -0.3 is 64.2 Å². The zero-order valence-electron chi connectivity index (χ0n) is 21.1. The number of aliphatic hydroxyl groups is 5. The normalized spacial score (nSPS) is 38.0. The number of aromatic hydroxyl groups is 2. The van der Waals surface area contributed by atoms with Gasteiger partial charge in [-0.05, 0) is 35.4 Å². The number of phenols is 2. The van der Waals surface area contributed by atoms with Crippen LogP contribution in [0, 0.1) is 11.8 Å². The Bertz CT molecular complexity index is 1110. The van der Waals surface area contributed by atoms with Crippen molar-refractivity contribution in [3.05, 3.63) is 47.5 Å². The van der Waals surface area contributed by atoms with Crippen LogP contribution < -0.4 is 9.47 Å². The second kappa shape index (κ2) is 11.0. The van der Waals surface area contributed by atoms with Gasteiger partial charge in [0.2, 0.25) is 0 Å². The highest BCUT2D eigenvalue weighted by atomic mass is 16.8. The lowest BCUT2D eigenvalue weighted by Gasteiger charge is -2.41. The quantitative estimate of drug-likeness (QED) is 0.236. The fraction of sp³-hybridized carbons (Fsp3) is 0.538. The first-order valence-electron chi connectivity index (χ1n) is 12.4. The minimum absolute atomic E-state index is 0.0952. The van der Waals surface area contributed by atoms with Gasteiger partial charge in [0.25, 0.3) is 0 Å². The average molecular weight is 553 g/mol. The Morgan fingerprint density at radius 2 is 1.26 bits per heavy atom. The van der Waals surface area contributed by atoms with Crippen LogP contribution in [0.1, 0.15) is 23.3 Å². The summed E-state index contributed by atoms with van der Waals surface area (Å²) in [5, 5.41) is 71.7. The Morgan fingerprint density at radius 1 is 0.692 bits per heavy atom. The summed E-state index contributed by atoms with van der Waals surface area (Å²) in [6.07, 6.45) is -11.8. The van der Waals surface area contributed by atoms with Crippen molar-refractivity contribution in [3.8, 4) is 23.0 Å². The summed E-state index contributed by atoms with van der Waals surface area (Å²) < 4.78 is 34.2. The summed E-state index contributed by atoms with van der Waals surface area (Å²) >= 11 is 0. The van der Waals surface area contributed by atoms with Crippen LogP contribution in [0.3, 0.4) is 0 Å². The van der Waals surface area contributed by atoms with Gasteiger partial charge in [0.15, 0.2) is 41.9 Å². The summed E-state index contributed by atoms with van der Waals surface area (Å²) in [5.74, 6) is -1.27. The molecule has 0 radical (unpaired) electrons. The lowest BCUT2D eigenvalue weighted by Crippen LogP contribution is -2.60. The molecule has 0 amide bonds. The van der Waals surface area contributed by atoms with Crippen molar-refractivity contribution in [2.75, 3.05) is 20.8 Å². The Hall–Kier alpha value is -2.72. The molecule has 4 unspecified atom stereocenters. The third kappa shape index (κ3) is 4.90. The minimum atomic E-state index is -1.68. The first-order chi connectivity index (χ1) is 18.7. The van der Waals surface area contributed by atoms with Crippen molar-refractivity contribution >= 4 is 0 Å². The number of aliphatic hydroxyl groups excluding tert-OH is 5. The molecule has 13 heteroatoms. The van der Waals surface area contributed by atoms with E-state index in [2.05, 4.69) is 0 Å². The van der Waals surface area contributed by atoms with Crippen LogP contribution in [-0.2, 0) is 18.9 Å². The van der Waals surface area contributed by atoms with Gasteiger partial charge in [-0.25, -0.2) is 0 Å². The maximum Gasteiger partial charge on any atom is 0.189 e. The average Bonchev–Trinajstić information content (AvgIpc) is 3.48. The lowest BCUT2D eigenvalue weighted by molar-refractivity contribution is -0.342. The van der Waals surface area contributed by atoms with Crippen LogP contribution in [0.15, 0.2) is 36.4 Å². The number of hydrogen-bond donors (Lipinski definition) is 7. The van der Waals surface area contributed by atoms with E-state index < -0.39 is 73.9 Å². The van der Waals surface area contributed by atoms with Crippen molar-refractivity contribution in [1.29, 1.82) is 0 Å². The Kier molecular flexibility index (Phi) is 7.88. The van der Waals surface area contributed by atoms with Crippen molar-refractivity contribution in [1.82, 2.24) is 0 Å². The zero-order chi connectivity index (χ0) is 28.0. The third-order valence-electron chi connectivity index (χ3n) is 7.54. The van der Waals surface area contributed by atoms with Gasteiger partial charge in [0.05, 0.1) is 44.9 Å². The lowest BCUT2D eigenvalue weighted by atomic mass is 9.83. The van der Waals surface area contributed by atoms with Crippen LogP contribution in [0.2, 0.25) is 0 Å². The summed E-state index contributed by atoms with van der Waals surface area (Å²) in [6, 6.07) is 9.14. The molecule has 0 aromatic heterocycles. The van der Waals surface area contributed by atoms with Gasteiger partial charge in [-0.15, -0.1) is 0 Å². The fourth-order valence-corrected chi connectivity index (χ4v) is 5.50. The van der Waals surface area contributed by atoms with Gasteiger partial charge in [-0.3, -0.25) is 0 Å². The van der Waals surface area contributed by atoms with Crippen LogP contribution in [0.5, 0.6) is 23.0 Å². The molecule has 3 fully saturated rings. The van der Waals surface area contributed by atoms with Gasteiger partial charge in [0, 0.05) is 0 Å². The highest BCUT2D eigenvalue weighted by Gasteiger charge is 2.60. The standard InChI is InChI=1S/C26H32O13/c1-34-14-7-10(3-5-12(14)28)22-17-18(23(37-24(17)33)11-4-6-13(29)15(8-11)35-2)25(38-22)39-26-21(32)20(31)19(30)16(9-27)36-26/h3-8,16-33H,9H2,1-2H3/t16-,17?,18?,19+,20-,21-,22?,23?,24-,25+,26+/m1/s1. The highest BCUT2D eigenvalue weighted by molar-refractivity contribution is 5.44. The van der Waals surface area contributed by atoms with Gasteiger partial charge in [-0.2, -0.15) is 0 Å². The summed E-state index contributed by atoms with van der Waals surface area (Å²) in [6.45, 7) is -0.643. The summed E-state index contributed by atoms with van der Waals surface area (Å²) in [4.78, 5) is 0. The smallest absolute Gasteiger partial charge is 0.189 e. The first-order valence-corrected chi connectivity index (χ1v) is 12.4. The molecule has 7 N–H and O–H groups in total. The van der Waals surface area contributed by atoms with E-state index in [1.165, 1.54) is 26.4 Å². The summed E-state index contributed by atoms with van der Waals surface area (Å²) in [7, 11) is 2.79. The minimum Gasteiger partial charge on any atom is -0.504 e. The molecular formula is C26H32O13. The molecule has 3 heterocycles. The van der Waals surface area contributed by atoms with E-state index in [-0.39, 0.29) is 23.0 Å². The SMILES string of the molecule is COc1cc(C2O[C@@H](O)C3C(c4ccc(O)c(OC)c4)O[C@@H](O[C@@H]4O[C@H](CO)[C@H](O)[C@@H](O)[C@H]4O)C23)ccc1O. The molecule has 2 aromatic rings. The van der Waals surface area contributed by atoms with E-state index in [0.717, 1.165) is 0 Å². The molecule has 0 bridgehead atoms. The van der Waals surface area contributed by atoms with E-state index in [4.69, 9.17) is 28.4 Å². The first kappa shape index (κ1) is 27.8. The second-order valence-electron chi connectivity index (χ2n) is 9.72. The van der Waals surface area contributed by atoms with Crippen LogP contribution in [0.4, 0.5) is 0 Å². The Balaban J connectivity index is 1.51. The topological polar surface area (TPSA) is 197 Å². The molecule has 3 aliphatic heterocycles. The Morgan fingerprint density at radius 3 is 1.79 bits per heavy atom. The molecule has 11 atom stereocenters.